The van der Waals surface area contributed by atoms with Crippen LogP contribution >= 0.6 is 23.2 Å². The minimum atomic E-state index is -0.854. The molecule has 1 saturated heterocycles. The van der Waals surface area contributed by atoms with Gasteiger partial charge in [-0.3, -0.25) is 14.6 Å². The van der Waals surface area contributed by atoms with E-state index in [0.29, 0.717) is 5.56 Å². The molecule has 0 aliphatic carbocycles. The molecule has 1 fully saturated rings. The monoisotopic (exact) mass is 512 g/mol. The van der Waals surface area contributed by atoms with Crippen molar-refractivity contribution in [2.75, 3.05) is 14.2 Å². The number of benzene rings is 2. The highest BCUT2D eigenvalue weighted by molar-refractivity contribution is 6.47. The fraction of sp³-hybridized carbons (Fsp3) is 0.192. The number of Topliss-reactive ketones (excluding diaryl/α,β-unsaturated/α-hetero) is 1. The van der Waals surface area contributed by atoms with Crippen molar-refractivity contribution in [3.05, 3.63) is 92.7 Å². The minimum Gasteiger partial charge on any atom is -0.507 e. The fourth-order valence-electron chi connectivity index (χ4n) is 4.21. The summed E-state index contributed by atoms with van der Waals surface area (Å²) in [6.07, 6.45) is 3.22. The van der Waals surface area contributed by atoms with Crippen LogP contribution in [-0.2, 0) is 16.1 Å². The molecule has 1 atom stereocenters. The Balaban J connectivity index is 1.95. The number of aromatic nitrogens is 1. The molecule has 7 nitrogen and oxygen atoms in total. The second-order valence-corrected chi connectivity index (χ2v) is 8.77. The average Bonchev–Trinajstić information content (AvgIpc) is 3.09. The van der Waals surface area contributed by atoms with Gasteiger partial charge in [-0.05, 0) is 36.2 Å². The van der Waals surface area contributed by atoms with E-state index in [0.717, 1.165) is 11.1 Å². The van der Waals surface area contributed by atoms with Crippen LogP contribution in [0.4, 0.5) is 0 Å². The smallest absolute Gasteiger partial charge is 0.295 e. The van der Waals surface area contributed by atoms with Crippen molar-refractivity contribution in [1.29, 1.82) is 0 Å². The van der Waals surface area contributed by atoms with E-state index < -0.39 is 23.5 Å². The number of carbonyl (C=O) groups excluding carboxylic acids is 2. The Labute approximate surface area is 212 Å². The zero-order valence-corrected chi connectivity index (χ0v) is 20.7. The van der Waals surface area contributed by atoms with E-state index in [2.05, 4.69) is 4.98 Å². The molecular formula is C26H22Cl2N2O5. The summed E-state index contributed by atoms with van der Waals surface area (Å²) in [5.41, 5.74) is 2.37. The standard InChI is InChI=1S/C26H22Cl2N2O5/c1-14-5-4-6-16(11-14)21-19(23(32)26(33)30(21)13-15-7-9-29-10-8-15)22(31)17-12-18(27)25(35-3)20(28)24(17)34-2/h4-12,21,31H,13H2,1-3H3/b22-19+. The number of ketones is 1. The Kier molecular flexibility index (Phi) is 7.00. The predicted octanol–water partition coefficient (Wildman–Crippen LogP) is 5.34. The Morgan fingerprint density at radius 1 is 1.06 bits per heavy atom. The molecule has 1 unspecified atom stereocenters. The van der Waals surface area contributed by atoms with E-state index >= 15 is 0 Å². The number of hydrogen-bond donors (Lipinski definition) is 1. The van der Waals surface area contributed by atoms with Crippen LogP contribution in [0.5, 0.6) is 11.5 Å². The summed E-state index contributed by atoms with van der Waals surface area (Å²) < 4.78 is 10.6. The summed E-state index contributed by atoms with van der Waals surface area (Å²) in [5.74, 6) is -1.79. The molecule has 3 aromatic rings. The number of rotatable bonds is 6. The molecule has 9 heteroatoms. The summed E-state index contributed by atoms with van der Waals surface area (Å²) >= 11 is 12.7. The lowest BCUT2D eigenvalue weighted by Gasteiger charge is -2.26. The number of aliphatic hydroxyl groups excluding tert-OH is 1. The van der Waals surface area contributed by atoms with Crippen LogP contribution in [0.2, 0.25) is 10.0 Å². The molecule has 0 radical (unpaired) electrons. The molecule has 1 aliphatic heterocycles. The van der Waals surface area contributed by atoms with Gasteiger partial charge >= 0.3 is 0 Å². The second-order valence-electron chi connectivity index (χ2n) is 7.98. The van der Waals surface area contributed by atoms with Crippen LogP contribution in [-0.4, -0.2) is 40.9 Å². The Bertz CT molecular complexity index is 1340. The molecule has 2 heterocycles. The number of halogens is 2. The molecule has 1 N–H and O–H groups in total. The summed E-state index contributed by atoms with van der Waals surface area (Å²) in [7, 11) is 2.76. The number of methoxy groups -OCH3 is 2. The van der Waals surface area contributed by atoms with E-state index in [-0.39, 0.29) is 39.2 Å². The lowest BCUT2D eigenvalue weighted by atomic mass is 9.94. The van der Waals surface area contributed by atoms with Crippen LogP contribution in [0.1, 0.15) is 28.3 Å². The Hall–Kier alpha value is -3.55. The molecule has 4 rings (SSSR count). The first kappa shape index (κ1) is 24.6. The van der Waals surface area contributed by atoms with Gasteiger partial charge in [-0.1, -0.05) is 53.0 Å². The Morgan fingerprint density at radius 2 is 1.74 bits per heavy atom. The maximum Gasteiger partial charge on any atom is 0.295 e. The molecule has 1 amide bonds. The minimum absolute atomic E-state index is 0.0298. The first-order valence-corrected chi connectivity index (χ1v) is 11.4. The van der Waals surface area contributed by atoms with Gasteiger partial charge in [0.1, 0.15) is 10.8 Å². The number of hydrogen-bond acceptors (Lipinski definition) is 6. The van der Waals surface area contributed by atoms with Crippen LogP contribution in [0.3, 0.4) is 0 Å². The zero-order valence-electron chi connectivity index (χ0n) is 19.2. The summed E-state index contributed by atoms with van der Waals surface area (Å²) in [5, 5.41) is 11.6. The number of ether oxygens (including phenoxy) is 2. The molecule has 0 bridgehead atoms. The topological polar surface area (TPSA) is 89.0 Å². The lowest BCUT2D eigenvalue weighted by molar-refractivity contribution is -0.140. The maximum absolute atomic E-state index is 13.3. The van der Waals surface area contributed by atoms with Crippen molar-refractivity contribution in [2.45, 2.75) is 19.5 Å². The van der Waals surface area contributed by atoms with Crippen LogP contribution in [0, 0.1) is 6.92 Å². The number of carbonyl (C=O) groups is 2. The number of aliphatic hydroxyl groups is 1. The van der Waals surface area contributed by atoms with E-state index in [9.17, 15) is 14.7 Å². The van der Waals surface area contributed by atoms with Crippen molar-refractivity contribution in [2.24, 2.45) is 0 Å². The van der Waals surface area contributed by atoms with Crippen molar-refractivity contribution >= 4 is 40.7 Å². The van der Waals surface area contributed by atoms with Gasteiger partial charge in [0.15, 0.2) is 11.5 Å². The molecule has 1 aromatic heterocycles. The molecule has 0 spiro atoms. The lowest BCUT2D eigenvalue weighted by Crippen LogP contribution is -2.29. The largest absolute Gasteiger partial charge is 0.507 e. The highest BCUT2D eigenvalue weighted by atomic mass is 35.5. The summed E-state index contributed by atoms with van der Waals surface area (Å²) in [4.78, 5) is 32.0. The highest BCUT2D eigenvalue weighted by Gasteiger charge is 2.46. The number of amides is 1. The van der Waals surface area contributed by atoms with Gasteiger partial charge in [-0.25, -0.2) is 0 Å². The van der Waals surface area contributed by atoms with Gasteiger partial charge in [0.2, 0.25) is 0 Å². The van der Waals surface area contributed by atoms with Gasteiger partial charge in [-0.15, -0.1) is 0 Å². The van der Waals surface area contributed by atoms with Crippen LogP contribution in [0.25, 0.3) is 5.76 Å². The van der Waals surface area contributed by atoms with E-state index in [1.165, 1.54) is 25.2 Å². The van der Waals surface area contributed by atoms with Gasteiger partial charge in [0, 0.05) is 18.9 Å². The van der Waals surface area contributed by atoms with E-state index in [4.69, 9.17) is 32.7 Å². The average molecular weight is 513 g/mol. The number of nitrogens with zero attached hydrogens (tertiary/aromatic N) is 2. The molecule has 35 heavy (non-hydrogen) atoms. The van der Waals surface area contributed by atoms with Gasteiger partial charge in [0.05, 0.1) is 36.4 Å². The third-order valence-electron chi connectivity index (χ3n) is 5.79. The van der Waals surface area contributed by atoms with Gasteiger partial charge < -0.3 is 19.5 Å². The zero-order chi connectivity index (χ0) is 25.3. The van der Waals surface area contributed by atoms with Crippen molar-refractivity contribution in [3.63, 3.8) is 0 Å². The van der Waals surface area contributed by atoms with Crippen LogP contribution in [0.15, 0.2) is 60.4 Å². The third-order valence-corrected chi connectivity index (χ3v) is 6.42. The summed E-state index contributed by atoms with van der Waals surface area (Å²) in [6.45, 7) is 2.05. The molecular weight excluding hydrogens is 491 g/mol. The van der Waals surface area contributed by atoms with Gasteiger partial charge in [-0.2, -0.15) is 0 Å². The molecule has 2 aromatic carbocycles. The second kappa shape index (κ2) is 9.98. The Morgan fingerprint density at radius 3 is 2.37 bits per heavy atom. The van der Waals surface area contributed by atoms with Crippen LogP contribution < -0.4 is 9.47 Å². The third kappa shape index (κ3) is 4.45. The first-order valence-electron chi connectivity index (χ1n) is 10.6. The molecule has 180 valence electrons. The van der Waals surface area contributed by atoms with Crippen molar-refractivity contribution < 1.29 is 24.2 Å². The summed E-state index contributed by atoms with van der Waals surface area (Å²) in [6, 6.07) is 11.5. The molecule has 0 saturated carbocycles. The predicted molar refractivity (Wildman–Crippen MR) is 133 cm³/mol. The number of likely N-dealkylation sites (tertiary alicyclic amines) is 1. The number of aryl methyl sites for hydroxylation is 1. The first-order chi connectivity index (χ1) is 16.8. The quantitative estimate of drug-likeness (QED) is 0.272. The van der Waals surface area contributed by atoms with Gasteiger partial charge in [0.25, 0.3) is 11.7 Å². The maximum atomic E-state index is 13.3. The van der Waals surface area contributed by atoms with E-state index in [1.54, 1.807) is 24.5 Å². The molecule has 1 aliphatic rings. The highest BCUT2D eigenvalue weighted by Crippen LogP contribution is 2.47. The fourth-order valence-corrected chi connectivity index (χ4v) is 4.89. The normalized spacial score (nSPS) is 17.1. The SMILES string of the molecule is COc1c(Cl)cc(/C(O)=C2\C(=O)C(=O)N(Cc3ccncc3)C2c2cccc(C)c2)c(OC)c1Cl. The van der Waals surface area contributed by atoms with E-state index in [1.807, 2.05) is 31.2 Å². The number of pyridine rings is 1. The van der Waals surface area contributed by atoms with Crippen molar-refractivity contribution in [3.8, 4) is 11.5 Å². The van der Waals surface area contributed by atoms with Crippen molar-refractivity contribution in [1.82, 2.24) is 9.88 Å².